The van der Waals surface area contributed by atoms with Crippen LogP contribution in [0, 0.1) is 0 Å². The zero-order valence-electron chi connectivity index (χ0n) is 16.8. The highest BCUT2D eigenvalue weighted by Gasteiger charge is 1.93. The van der Waals surface area contributed by atoms with Crippen molar-refractivity contribution in [2.75, 3.05) is 0 Å². The van der Waals surface area contributed by atoms with Crippen LogP contribution in [-0.4, -0.2) is 22.2 Å². The normalized spacial score (nSPS) is 11.9. The second kappa shape index (κ2) is 20.5. The third-order valence-corrected chi connectivity index (χ3v) is 4.42. The molecule has 27 heavy (non-hydrogen) atoms. The Hall–Kier alpha value is -1.84. The minimum absolute atomic E-state index is 0.849. The van der Waals surface area contributed by atoms with Crippen LogP contribution >= 0.6 is 0 Å². The summed E-state index contributed by atoms with van der Waals surface area (Å²) in [5.74, 6) is -1.72. The number of carbonyl (C=O) groups is 2. The summed E-state index contributed by atoms with van der Waals surface area (Å²) in [5, 5.41) is 16.9. The molecule has 0 aliphatic rings. The van der Waals surface area contributed by atoms with E-state index < -0.39 is 11.9 Å². The van der Waals surface area contributed by atoms with Crippen LogP contribution in [0.15, 0.2) is 36.5 Å². The summed E-state index contributed by atoms with van der Waals surface area (Å²) in [6.45, 7) is 0. The first-order valence-electron chi connectivity index (χ1n) is 10.6. The number of carboxylic acids is 2. The molecule has 0 spiro atoms. The van der Waals surface area contributed by atoms with Crippen LogP contribution in [0.4, 0.5) is 0 Å². The molecule has 0 aromatic rings. The van der Waals surface area contributed by atoms with Gasteiger partial charge >= 0.3 is 11.9 Å². The van der Waals surface area contributed by atoms with Gasteiger partial charge in [0.05, 0.1) is 0 Å². The Bertz CT molecular complexity index is 449. The van der Waals surface area contributed by atoms with Gasteiger partial charge in [-0.3, -0.25) is 0 Å². The Kier molecular flexibility index (Phi) is 19.1. The Labute approximate surface area is 165 Å². The van der Waals surface area contributed by atoms with E-state index in [2.05, 4.69) is 12.2 Å². The van der Waals surface area contributed by atoms with Crippen molar-refractivity contribution >= 4 is 11.9 Å². The molecule has 0 bridgehead atoms. The van der Waals surface area contributed by atoms with Crippen LogP contribution in [0.5, 0.6) is 0 Å². The summed E-state index contributed by atoms with van der Waals surface area (Å²) in [7, 11) is 0. The Balaban J connectivity index is 3.18. The molecule has 0 radical (unpaired) electrons. The molecular weight excluding hydrogens is 340 g/mol. The molecule has 0 atom stereocenters. The quantitative estimate of drug-likeness (QED) is 0.149. The monoisotopic (exact) mass is 378 g/mol. The number of hydrogen-bond acceptors (Lipinski definition) is 2. The van der Waals surface area contributed by atoms with Crippen molar-refractivity contribution in [1.29, 1.82) is 0 Å². The van der Waals surface area contributed by atoms with Crippen molar-refractivity contribution in [3.8, 4) is 0 Å². The predicted octanol–water partition coefficient (Wildman–Crippen LogP) is 6.68. The Morgan fingerprint density at radius 1 is 0.444 bits per heavy atom. The highest BCUT2D eigenvalue weighted by atomic mass is 16.4. The first-order valence-corrected chi connectivity index (χ1v) is 10.6. The smallest absolute Gasteiger partial charge is 0.327 e. The Morgan fingerprint density at radius 3 is 1.04 bits per heavy atom. The molecule has 154 valence electrons. The largest absolute Gasteiger partial charge is 0.478 e. The molecule has 4 heteroatoms. The molecule has 0 saturated carbocycles. The fraction of sp³-hybridized carbons (Fsp3) is 0.652. The predicted molar refractivity (Wildman–Crippen MR) is 112 cm³/mol. The summed E-state index contributed by atoms with van der Waals surface area (Å²) in [4.78, 5) is 20.6. The standard InChI is InChI=1S/C23H38O4/c24-22(25)20-18-16-14-12-10-8-6-4-2-1-3-5-7-9-11-13-15-17-19-21-23(26)27/h6,8,18-21H,1-5,7,9-17H2,(H,24,25)(H,26,27). The molecular formula is C23H38O4. The van der Waals surface area contributed by atoms with Gasteiger partial charge in [-0.2, -0.15) is 0 Å². The molecule has 0 aromatic heterocycles. The van der Waals surface area contributed by atoms with Crippen molar-refractivity contribution in [2.45, 2.75) is 96.3 Å². The lowest BCUT2D eigenvalue weighted by Gasteiger charge is -2.01. The van der Waals surface area contributed by atoms with Crippen LogP contribution < -0.4 is 0 Å². The van der Waals surface area contributed by atoms with Crippen LogP contribution in [0.2, 0.25) is 0 Å². The molecule has 4 nitrogen and oxygen atoms in total. The number of rotatable bonds is 19. The third-order valence-electron chi connectivity index (χ3n) is 4.42. The zero-order valence-corrected chi connectivity index (χ0v) is 16.8. The average Bonchev–Trinajstić information content (AvgIpc) is 2.62. The summed E-state index contributed by atoms with van der Waals surface area (Å²) in [6, 6.07) is 0. The van der Waals surface area contributed by atoms with E-state index in [4.69, 9.17) is 10.2 Å². The van der Waals surface area contributed by atoms with Crippen molar-refractivity contribution in [3.05, 3.63) is 36.5 Å². The van der Waals surface area contributed by atoms with E-state index in [1.54, 1.807) is 12.2 Å². The average molecular weight is 379 g/mol. The summed E-state index contributed by atoms with van der Waals surface area (Å²) >= 11 is 0. The molecule has 0 heterocycles. The van der Waals surface area contributed by atoms with Crippen molar-refractivity contribution in [2.24, 2.45) is 0 Å². The molecule has 0 rings (SSSR count). The van der Waals surface area contributed by atoms with Crippen LogP contribution in [0.25, 0.3) is 0 Å². The van der Waals surface area contributed by atoms with Gasteiger partial charge in [-0.25, -0.2) is 9.59 Å². The van der Waals surface area contributed by atoms with E-state index in [1.807, 2.05) is 0 Å². The maximum atomic E-state index is 10.3. The number of unbranched alkanes of at least 4 members (excludes halogenated alkanes) is 13. The van der Waals surface area contributed by atoms with Gasteiger partial charge in [0.1, 0.15) is 0 Å². The van der Waals surface area contributed by atoms with E-state index in [1.165, 1.54) is 69.9 Å². The minimum atomic E-state index is -0.863. The van der Waals surface area contributed by atoms with E-state index in [-0.39, 0.29) is 0 Å². The van der Waals surface area contributed by atoms with Crippen LogP contribution in [0.1, 0.15) is 96.3 Å². The molecule has 2 N–H and O–H groups in total. The van der Waals surface area contributed by atoms with E-state index >= 15 is 0 Å². The van der Waals surface area contributed by atoms with Gasteiger partial charge in [-0.1, -0.05) is 69.2 Å². The summed E-state index contributed by atoms with van der Waals surface area (Å²) in [6.07, 6.45) is 28.0. The highest BCUT2D eigenvalue weighted by Crippen LogP contribution is 2.12. The SMILES string of the molecule is O=C(O)C=CCCCCC=CCCCCCCCCCCCC=CC(=O)O. The number of aliphatic carboxylic acids is 2. The minimum Gasteiger partial charge on any atom is -0.478 e. The van der Waals surface area contributed by atoms with Crippen molar-refractivity contribution in [1.82, 2.24) is 0 Å². The molecule has 0 amide bonds. The Morgan fingerprint density at radius 2 is 0.704 bits per heavy atom. The molecule has 0 fully saturated rings. The summed E-state index contributed by atoms with van der Waals surface area (Å²) in [5.41, 5.74) is 0. The number of allylic oxidation sites excluding steroid dienone is 4. The van der Waals surface area contributed by atoms with Crippen LogP contribution in [0.3, 0.4) is 0 Å². The zero-order chi connectivity index (χ0) is 20.0. The number of carboxylic acid groups (broad SMARTS) is 2. The van der Waals surface area contributed by atoms with E-state index in [9.17, 15) is 9.59 Å². The molecule has 0 aromatic carbocycles. The number of hydrogen-bond donors (Lipinski definition) is 2. The second-order valence-corrected chi connectivity index (χ2v) is 7.00. The first kappa shape index (κ1) is 25.2. The fourth-order valence-corrected chi connectivity index (χ4v) is 2.89. The fourth-order valence-electron chi connectivity index (χ4n) is 2.89. The van der Waals surface area contributed by atoms with Gasteiger partial charge in [0.2, 0.25) is 0 Å². The lowest BCUT2D eigenvalue weighted by molar-refractivity contribution is -0.132. The maximum absolute atomic E-state index is 10.3. The van der Waals surface area contributed by atoms with Gasteiger partial charge < -0.3 is 10.2 Å². The lowest BCUT2D eigenvalue weighted by Crippen LogP contribution is -1.85. The lowest BCUT2D eigenvalue weighted by atomic mass is 10.1. The van der Waals surface area contributed by atoms with Gasteiger partial charge in [0.25, 0.3) is 0 Å². The van der Waals surface area contributed by atoms with Crippen LogP contribution in [-0.2, 0) is 9.59 Å². The van der Waals surface area contributed by atoms with Crippen molar-refractivity contribution < 1.29 is 19.8 Å². The van der Waals surface area contributed by atoms with E-state index in [0.717, 1.165) is 38.5 Å². The topological polar surface area (TPSA) is 74.6 Å². The van der Waals surface area contributed by atoms with Gasteiger partial charge in [-0.05, 0) is 51.4 Å². The first-order chi connectivity index (χ1) is 13.1. The summed E-state index contributed by atoms with van der Waals surface area (Å²) < 4.78 is 0. The molecule has 0 unspecified atom stereocenters. The highest BCUT2D eigenvalue weighted by molar-refractivity contribution is 5.79. The maximum Gasteiger partial charge on any atom is 0.327 e. The second-order valence-electron chi connectivity index (χ2n) is 7.00. The van der Waals surface area contributed by atoms with Gasteiger partial charge in [0.15, 0.2) is 0 Å². The third kappa shape index (κ3) is 24.2. The van der Waals surface area contributed by atoms with Gasteiger partial charge in [-0.15, -0.1) is 0 Å². The van der Waals surface area contributed by atoms with E-state index in [0.29, 0.717) is 0 Å². The molecule has 0 aliphatic carbocycles. The molecule has 0 aliphatic heterocycles. The molecule has 0 saturated heterocycles. The van der Waals surface area contributed by atoms with Gasteiger partial charge in [0, 0.05) is 12.2 Å². The van der Waals surface area contributed by atoms with Crippen molar-refractivity contribution in [3.63, 3.8) is 0 Å².